The molecule has 0 aliphatic carbocycles. The second-order valence-corrected chi connectivity index (χ2v) is 10.8. The number of aliphatic hydroxyl groups is 1. The van der Waals surface area contributed by atoms with Crippen LogP contribution in [0.3, 0.4) is 0 Å². The number of carbonyl (C=O) groups is 2. The molecule has 0 unspecified atom stereocenters. The fourth-order valence-corrected chi connectivity index (χ4v) is 5.03. The first-order chi connectivity index (χ1) is 18.7. The molecule has 0 radical (unpaired) electrons. The SMILES string of the molecule is CC(C)(O)Cn1c(NC(=O)c2ccc(-c3ccc(=O)[nH]c3)s2)nc2cc(NCC(=O)c3ccccc3)ccc21. The molecular formula is C29H27N5O4S. The highest BCUT2D eigenvalue weighted by atomic mass is 32.1. The van der Waals surface area contributed by atoms with Crippen molar-refractivity contribution in [1.29, 1.82) is 0 Å². The Bertz CT molecular complexity index is 1690. The highest BCUT2D eigenvalue weighted by Gasteiger charge is 2.22. The van der Waals surface area contributed by atoms with Crippen LogP contribution in [0.4, 0.5) is 11.6 Å². The van der Waals surface area contributed by atoms with E-state index >= 15 is 0 Å². The lowest BCUT2D eigenvalue weighted by molar-refractivity contribution is 0.0630. The zero-order valence-electron chi connectivity index (χ0n) is 21.4. The molecule has 39 heavy (non-hydrogen) atoms. The number of ketones is 1. The van der Waals surface area contributed by atoms with Gasteiger partial charge in [0.15, 0.2) is 5.78 Å². The van der Waals surface area contributed by atoms with Gasteiger partial charge in [0.2, 0.25) is 11.5 Å². The number of anilines is 2. The van der Waals surface area contributed by atoms with E-state index in [9.17, 15) is 19.5 Å². The van der Waals surface area contributed by atoms with Crippen LogP contribution in [0.5, 0.6) is 0 Å². The molecule has 9 nitrogen and oxygen atoms in total. The van der Waals surface area contributed by atoms with Gasteiger partial charge in [0.05, 0.1) is 34.6 Å². The number of H-pyrrole nitrogens is 1. The second kappa shape index (κ2) is 10.7. The van der Waals surface area contributed by atoms with Crippen molar-refractivity contribution < 1.29 is 14.7 Å². The molecule has 198 valence electrons. The Morgan fingerprint density at radius 3 is 2.56 bits per heavy atom. The molecule has 0 atom stereocenters. The number of hydrogen-bond donors (Lipinski definition) is 4. The number of nitrogens with zero attached hydrogens (tertiary/aromatic N) is 2. The summed E-state index contributed by atoms with van der Waals surface area (Å²) in [6, 6.07) is 21.2. The standard InChI is InChI=1S/C29H27N5O4S/c1-29(2,38)17-34-22-10-9-20(30-16-23(35)18-6-4-3-5-7-18)14-21(22)32-28(34)33-27(37)25-12-11-24(39-25)19-8-13-26(36)31-15-19/h3-15,30,38H,16-17H2,1-2H3,(H,31,36)(H,32,33,37). The van der Waals surface area contributed by atoms with Gasteiger partial charge in [0.1, 0.15) is 0 Å². The van der Waals surface area contributed by atoms with Crippen molar-refractivity contribution in [3.8, 4) is 10.4 Å². The fraction of sp³-hybridized carbons (Fsp3) is 0.172. The van der Waals surface area contributed by atoms with Crippen LogP contribution in [-0.2, 0) is 6.54 Å². The molecule has 2 aromatic carbocycles. The molecule has 0 fully saturated rings. The number of aromatic amines is 1. The minimum absolute atomic E-state index is 0.0339. The molecule has 0 spiro atoms. The van der Waals surface area contributed by atoms with E-state index in [0.717, 1.165) is 16.0 Å². The summed E-state index contributed by atoms with van der Waals surface area (Å²) >= 11 is 1.29. The number of fused-ring (bicyclic) bond motifs is 1. The highest BCUT2D eigenvalue weighted by molar-refractivity contribution is 7.17. The van der Waals surface area contributed by atoms with Crippen LogP contribution in [-0.4, -0.2) is 43.5 Å². The maximum Gasteiger partial charge on any atom is 0.268 e. The van der Waals surface area contributed by atoms with Gasteiger partial charge in [-0.15, -0.1) is 11.3 Å². The number of hydrogen-bond acceptors (Lipinski definition) is 7. The van der Waals surface area contributed by atoms with E-state index in [1.165, 1.54) is 17.4 Å². The summed E-state index contributed by atoms with van der Waals surface area (Å²) in [6.45, 7) is 3.70. The van der Waals surface area contributed by atoms with Crippen LogP contribution in [0.25, 0.3) is 21.5 Å². The van der Waals surface area contributed by atoms with Crippen molar-refractivity contribution in [1.82, 2.24) is 14.5 Å². The van der Waals surface area contributed by atoms with E-state index in [-0.39, 0.29) is 30.3 Å². The van der Waals surface area contributed by atoms with Gasteiger partial charge in [-0.2, -0.15) is 0 Å². The summed E-state index contributed by atoms with van der Waals surface area (Å²) in [5, 5.41) is 16.6. The van der Waals surface area contributed by atoms with E-state index in [0.29, 0.717) is 27.6 Å². The lowest BCUT2D eigenvalue weighted by Gasteiger charge is -2.20. The number of benzene rings is 2. The zero-order valence-corrected chi connectivity index (χ0v) is 22.2. The Balaban J connectivity index is 1.38. The van der Waals surface area contributed by atoms with E-state index in [1.54, 1.807) is 48.9 Å². The number of imidazole rings is 1. The van der Waals surface area contributed by atoms with Crippen molar-refractivity contribution in [2.45, 2.75) is 26.0 Å². The first-order valence-corrected chi connectivity index (χ1v) is 13.1. The van der Waals surface area contributed by atoms with E-state index in [2.05, 4.69) is 20.6 Å². The first kappa shape index (κ1) is 26.1. The number of pyridine rings is 1. The predicted molar refractivity (Wildman–Crippen MR) is 154 cm³/mol. The maximum absolute atomic E-state index is 13.2. The van der Waals surface area contributed by atoms with Gasteiger partial charge in [0.25, 0.3) is 5.91 Å². The van der Waals surface area contributed by atoms with Crippen molar-refractivity contribution in [3.63, 3.8) is 0 Å². The molecule has 10 heteroatoms. The smallest absolute Gasteiger partial charge is 0.268 e. The normalized spacial score (nSPS) is 11.5. The molecule has 3 aromatic heterocycles. The molecule has 0 saturated carbocycles. The number of carbonyl (C=O) groups excluding carboxylic acids is 2. The molecule has 0 saturated heterocycles. The quantitative estimate of drug-likeness (QED) is 0.199. The van der Waals surface area contributed by atoms with Gasteiger partial charge >= 0.3 is 0 Å². The Morgan fingerprint density at radius 2 is 1.85 bits per heavy atom. The van der Waals surface area contributed by atoms with Gasteiger partial charge < -0.3 is 20.0 Å². The summed E-state index contributed by atoms with van der Waals surface area (Å²) in [7, 11) is 0. The van der Waals surface area contributed by atoms with Crippen molar-refractivity contribution in [2.24, 2.45) is 0 Å². The average molecular weight is 542 g/mol. The minimum atomic E-state index is -1.06. The molecule has 3 heterocycles. The summed E-state index contributed by atoms with van der Waals surface area (Å²) in [6.07, 6.45) is 1.61. The van der Waals surface area contributed by atoms with Crippen molar-refractivity contribution in [3.05, 3.63) is 99.8 Å². The van der Waals surface area contributed by atoms with Crippen LogP contribution in [0, 0.1) is 0 Å². The Morgan fingerprint density at radius 1 is 1.05 bits per heavy atom. The van der Waals surface area contributed by atoms with Crippen molar-refractivity contribution >= 4 is 45.7 Å². The number of rotatable bonds is 9. The van der Waals surface area contributed by atoms with E-state index in [4.69, 9.17) is 0 Å². The molecule has 0 aliphatic rings. The van der Waals surface area contributed by atoms with Crippen LogP contribution < -0.4 is 16.2 Å². The monoisotopic (exact) mass is 541 g/mol. The second-order valence-electron chi connectivity index (χ2n) is 9.74. The summed E-state index contributed by atoms with van der Waals surface area (Å²) in [4.78, 5) is 45.6. The first-order valence-electron chi connectivity index (χ1n) is 12.3. The van der Waals surface area contributed by atoms with Gasteiger partial charge in [-0.3, -0.25) is 19.7 Å². The van der Waals surface area contributed by atoms with E-state index < -0.39 is 5.60 Å². The molecular weight excluding hydrogens is 514 g/mol. The average Bonchev–Trinajstić information content (AvgIpc) is 3.53. The summed E-state index contributed by atoms with van der Waals surface area (Å²) < 4.78 is 1.77. The largest absolute Gasteiger partial charge is 0.389 e. The van der Waals surface area contributed by atoms with Crippen LogP contribution in [0.15, 0.2) is 83.8 Å². The number of thiophene rings is 1. The van der Waals surface area contributed by atoms with Crippen LogP contribution >= 0.6 is 11.3 Å². The predicted octanol–water partition coefficient (Wildman–Crippen LogP) is 4.77. The Hall–Kier alpha value is -4.54. The van der Waals surface area contributed by atoms with Gasteiger partial charge in [-0.25, -0.2) is 4.98 Å². The number of nitrogens with one attached hydrogen (secondary N) is 3. The third kappa shape index (κ3) is 6.14. The van der Waals surface area contributed by atoms with E-state index in [1.807, 2.05) is 42.5 Å². The lowest BCUT2D eigenvalue weighted by atomic mass is 10.1. The summed E-state index contributed by atoms with van der Waals surface area (Å²) in [5.74, 6) is -0.0724. The van der Waals surface area contributed by atoms with Gasteiger partial charge in [-0.05, 0) is 50.2 Å². The lowest BCUT2D eigenvalue weighted by Crippen LogP contribution is -2.27. The number of aromatic nitrogens is 3. The maximum atomic E-state index is 13.2. The van der Waals surface area contributed by atoms with Gasteiger partial charge in [-0.1, -0.05) is 30.3 Å². The Labute approximate surface area is 228 Å². The molecule has 4 N–H and O–H groups in total. The van der Waals surface area contributed by atoms with Crippen LogP contribution in [0.1, 0.15) is 33.9 Å². The highest BCUT2D eigenvalue weighted by Crippen LogP contribution is 2.29. The topological polar surface area (TPSA) is 129 Å². The fourth-order valence-electron chi connectivity index (χ4n) is 4.13. The van der Waals surface area contributed by atoms with Crippen LogP contribution in [0.2, 0.25) is 0 Å². The number of Topliss-reactive ketones (excluding diaryl/α,β-unsaturated/α-hetero) is 1. The molecule has 5 rings (SSSR count). The number of amides is 1. The minimum Gasteiger partial charge on any atom is -0.389 e. The molecule has 0 aliphatic heterocycles. The third-order valence-electron chi connectivity index (χ3n) is 5.97. The van der Waals surface area contributed by atoms with Crippen molar-refractivity contribution in [2.75, 3.05) is 17.2 Å². The third-order valence-corrected chi connectivity index (χ3v) is 7.10. The molecule has 5 aromatic rings. The molecule has 1 amide bonds. The Kier molecular flexibility index (Phi) is 7.14. The zero-order chi connectivity index (χ0) is 27.6. The molecule has 0 bridgehead atoms. The summed E-state index contributed by atoms with van der Waals surface area (Å²) in [5.41, 5.74) is 2.22. The van der Waals surface area contributed by atoms with Gasteiger partial charge in [0, 0.05) is 34.0 Å².